The molecule has 2 aromatic carbocycles. The lowest BCUT2D eigenvalue weighted by atomic mass is 9.70. The minimum absolute atomic E-state index is 0.213. The maximum atomic E-state index is 13.1. The van der Waals surface area contributed by atoms with Crippen LogP contribution in [-0.4, -0.2) is 62.3 Å². The summed E-state index contributed by atoms with van der Waals surface area (Å²) < 4.78 is 11.5. The van der Waals surface area contributed by atoms with Crippen LogP contribution in [0.3, 0.4) is 0 Å². The largest absolute Gasteiger partial charge is 0.490 e. The number of carbonyl (C=O) groups excluding carboxylic acids is 2. The van der Waals surface area contributed by atoms with Gasteiger partial charge in [0.15, 0.2) is 5.60 Å². The Morgan fingerprint density at radius 1 is 1.07 bits per heavy atom. The number of hydrogen-bond donors (Lipinski definition) is 1. The first-order valence-corrected chi connectivity index (χ1v) is 14.6. The van der Waals surface area contributed by atoms with Gasteiger partial charge in [0.05, 0.1) is 25.8 Å². The predicted molar refractivity (Wildman–Crippen MR) is 156 cm³/mol. The number of ether oxygens (including phenoxy) is 2. The Balaban J connectivity index is 1.58. The standard InChI is InChI=1S/C32H39ClN2O5/c1-34-16-7-5-3-4-6-8-17-35-21-31(15-9-10-23-18-25(33)12-13-26(23)31)22-40-28-14-11-24(19-27(28)35)32(38,20-29(34)36)30(37)39-2/h3,5,11-14,18-19,38H,4,6-10,15-17,20-22H2,1-2H3/b5-3-/t31-,32+/m0/s1. The number of carbonyl (C=O) groups is 2. The van der Waals surface area contributed by atoms with E-state index in [2.05, 4.69) is 29.2 Å². The van der Waals surface area contributed by atoms with Crippen molar-refractivity contribution in [3.63, 3.8) is 0 Å². The maximum absolute atomic E-state index is 13.1. The first kappa shape index (κ1) is 28.5. The first-order valence-electron chi connectivity index (χ1n) is 14.3. The molecule has 8 heteroatoms. The van der Waals surface area contributed by atoms with E-state index in [-0.39, 0.29) is 11.3 Å². The third-order valence-corrected chi connectivity index (χ3v) is 8.95. The monoisotopic (exact) mass is 566 g/mol. The molecule has 2 atom stereocenters. The third-order valence-electron chi connectivity index (χ3n) is 8.72. The van der Waals surface area contributed by atoms with Crippen molar-refractivity contribution >= 4 is 29.2 Å². The fraction of sp³-hybridized carbons (Fsp3) is 0.500. The van der Waals surface area contributed by atoms with Crippen LogP contribution in [0.15, 0.2) is 48.6 Å². The number of methoxy groups -OCH3 is 1. The Kier molecular flexibility index (Phi) is 8.43. The molecule has 2 heterocycles. The predicted octanol–water partition coefficient (Wildman–Crippen LogP) is 5.15. The number of amides is 1. The van der Waals surface area contributed by atoms with E-state index >= 15 is 0 Å². The number of halogens is 1. The van der Waals surface area contributed by atoms with Gasteiger partial charge in [-0.25, -0.2) is 4.79 Å². The highest BCUT2D eigenvalue weighted by molar-refractivity contribution is 6.30. The van der Waals surface area contributed by atoms with Crippen molar-refractivity contribution < 1.29 is 24.2 Å². The molecular formula is C32H39ClN2O5. The Morgan fingerprint density at radius 3 is 2.73 bits per heavy atom. The zero-order valence-corrected chi connectivity index (χ0v) is 24.2. The molecule has 40 heavy (non-hydrogen) atoms. The number of aliphatic hydroxyl groups is 1. The van der Waals surface area contributed by atoms with Gasteiger partial charge in [0.25, 0.3) is 0 Å². The zero-order chi connectivity index (χ0) is 28.3. The highest BCUT2D eigenvalue weighted by atomic mass is 35.5. The quantitative estimate of drug-likeness (QED) is 0.380. The van der Waals surface area contributed by atoms with Crippen molar-refractivity contribution in [1.29, 1.82) is 0 Å². The number of esters is 1. The summed E-state index contributed by atoms with van der Waals surface area (Å²) in [5.74, 6) is -0.475. The number of hydrogen-bond acceptors (Lipinski definition) is 6. The number of fused-ring (bicyclic) bond motifs is 3. The molecule has 1 aliphatic carbocycles. The summed E-state index contributed by atoms with van der Waals surface area (Å²) in [6.45, 7) is 2.58. The van der Waals surface area contributed by atoms with Gasteiger partial charge in [-0.2, -0.15) is 0 Å². The van der Waals surface area contributed by atoms with Crippen LogP contribution >= 0.6 is 11.6 Å². The van der Waals surface area contributed by atoms with Crippen molar-refractivity contribution in [2.24, 2.45) is 0 Å². The average molecular weight is 567 g/mol. The summed E-state index contributed by atoms with van der Waals surface area (Å²) in [4.78, 5) is 30.0. The summed E-state index contributed by atoms with van der Waals surface area (Å²) in [7, 11) is 2.92. The summed E-state index contributed by atoms with van der Waals surface area (Å²) in [5, 5.41) is 12.5. The van der Waals surface area contributed by atoms with E-state index in [9.17, 15) is 14.7 Å². The van der Waals surface area contributed by atoms with Crippen LogP contribution in [0.2, 0.25) is 5.02 Å². The van der Waals surface area contributed by atoms with E-state index in [1.165, 1.54) is 18.2 Å². The molecule has 0 unspecified atom stereocenters. The van der Waals surface area contributed by atoms with Crippen molar-refractivity contribution in [2.75, 3.05) is 45.3 Å². The van der Waals surface area contributed by atoms with Crippen LogP contribution < -0.4 is 9.64 Å². The van der Waals surface area contributed by atoms with Gasteiger partial charge in [-0.15, -0.1) is 0 Å². The van der Waals surface area contributed by atoms with E-state index in [1.54, 1.807) is 18.0 Å². The van der Waals surface area contributed by atoms with Gasteiger partial charge in [0.1, 0.15) is 5.75 Å². The highest BCUT2D eigenvalue weighted by Gasteiger charge is 2.45. The molecule has 2 aromatic rings. The summed E-state index contributed by atoms with van der Waals surface area (Å²) in [6, 6.07) is 11.5. The number of benzene rings is 2. The third kappa shape index (κ3) is 5.59. The second-order valence-corrected chi connectivity index (χ2v) is 11.9. The molecule has 1 spiro atoms. The molecule has 2 bridgehead atoms. The Bertz CT molecular complexity index is 1300. The molecule has 214 valence electrons. The smallest absolute Gasteiger partial charge is 0.343 e. The van der Waals surface area contributed by atoms with Gasteiger partial charge in [-0.3, -0.25) is 4.79 Å². The average Bonchev–Trinajstić information content (AvgIpc) is 3.10. The number of rotatable bonds is 1. The molecule has 0 fully saturated rings. The van der Waals surface area contributed by atoms with Gasteiger partial charge in [-0.1, -0.05) is 35.9 Å². The molecular weight excluding hydrogens is 528 g/mol. The van der Waals surface area contributed by atoms with Gasteiger partial charge in [0.2, 0.25) is 5.91 Å². The summed E-state index contributed by atoms with van der Waals surface area (Å²) in [6.07, 6.45) is 10.6. The molecule has 3 aliphatic rings. The van der Waals surface area contributed by atoms with E-state index in [0.717, 1.165) is 62.3 Å². The molecule has 0 saturated carbocycles. The van der Waals surface area contributed by atoms with E-state index in [0.29, 0.717) is 30.9 Å². The lowest BCUT2D eigenvalue weighted by molar-refractivity contribution is -0.168. The summed E-state index contributed by atoms with van der Waals surface area (Å²) in [5.41, 5.74) is 1.37. The van der Waals surface area contributed by atoms with E-state index < -0.39 is 18.0 Å². The SMILES string of the molecule is COC(=O)[C@@]1(O)CC(=O)N(C)CC/C=C\CCCCN2C[C@@]3(CCCc4cc(Cl)ccc43)COc3ccc1cc32. The van der Waals surface area contributed by atoms with Crippen LogP contribution in [0.1, 0.15) is 61.6 Å². The van der Waals surface area contributed by atoms with Crippen molar-refractivity contribution in [3.05, 3.63) is 70.3 Å². The fourth-order valence-corrected chi connectivity index (χ4v) is 6.61. The van der Waals surface area contributed by atoms with Crippen LogP contribution in [0, 0.1) is 0 Å². The van der Waals surface area contributed by atoms with Crippen molar-refractivity contribution in [2.45, 2.75) is 62.4 Å². The minimum atomic E-state index is -2.12. The second-order valence-electron chi connectivity index (χ2n) is 11.4. The van der Waals surface area contributed by atoms with Crippen molar-refractivity contribution in [3.8, 4) is 5.75 Å². The van der Waals surface area contributed by atoms with E-state index in [1.807, 2.05) is 18.2 Å². The lowest BCUT2D eigenvalue weighted by Crippen LogP contribution is -2.46. The zero-order valence-electron chi connectivity index (χ0n) is 23.5. The van der Waals surface area contributed by atoms with Crippen LogP contribution in [0.5, 0.6) is 5.75 Å². The van der Waals surface area contributed by atoms with Gasteiger partial charge >= 0.3 is 5.97 Å². The molecule has 1 N–H and O–H groups in total. The Morgan fingerprint density at radius 2 is 1.90 bits per heavy atom. The number of allylic oxidation sites excluding steroid dienone is 1. The van der Waals surface area contributed by atoms with E-state index in [4.69, 9.17) is 21.1 Å². The fourth-order valence-electron chi connectivity index (χ4n) is 6.42. The van der Waals surface area contributed by atoms with Gasteiger partial charge in [-0.05, 0) is 85.9 Å². The first-order chi connectivity index (χ1) is 19.3. The topological polar surface area (TPSA) is 79.3 Å². The van der Waals surface area contributed by atoms with Crippen LogP contribution in [0.25, 0.3) is 0 Å². The molecule has 5 rings (SSSR count). The highest BCUT2D eigenvalue weighted by Crippen LogP contribution is 2.45. The maximum Gasteiger partial charge on any atom is 0.343 e. The molecule has 0 saturated heterocycles. The Hall–Kier alpha value is -3.03. The molecule has 7 nitrogen and oxygen atoms in total. The van der Waals surface area contributed by atoms with Gasteiger partial charge in [0, 0.05) is 37.1 Å². The normalized spacial score (nSPS) is 26.4. The molecule has 0 radical (unpaired) electrons. The molecule has 2 aliphatic heterocycles. The number of nitrogens with zero attached hydrogens (tertiary/aromatic N) is 2. The molecule has 1 amide bonds. The number of aryl methyl sites for hydroxylation is 1. The number of anilines is 1. The Labute approximate surface area is 241 Å². The summed E-state index contributed by atoms with van der Waals surface area (Å²) >= 11 is 6.37. The lowest BCUT2D eigenvalue weighted by Gasteiger charge is -2.41. The van der Waals surface area contributed by atoms with Crippen molar-refractivity contribution in [1.82, 2.24) is 4.90 Å². The minimum Gasteiger partial charge on any atom is -0.490 e. The second kappa shape index (κ2) is 11.8. The molecule has 0 aromatic heterocycles. The van der Waals surface area contributed by atoms with Crippen LogP contribution in [0.4, 0.5) is 5.69 Å². The van der Waals surface area contributed by atoms with Gasteiger partial charge < -0.3 is 24.4 Å². The van der Waals surface area contributed by atoms with Crippen LogP contribution in [-0.2, 0) is 31.8 Å².